The van der Waals surface area contributed by atoms with Crippen LogP contribution in [-0.2, 0) is 4.79 Å². The van der Waals surface area contributed by atoms with Gasteiger partial charge in [-0.25, -0.2) is 9.67 Å². The second-order valence-corrected chi connectivity index (χ2v) is 8.47. The van der Waals surface area contributed by atoms with Crippen LogP contribution in [0.15, 0.2) is 46.5 Å². The molecule has 1 amide bonds. The Hall–Kier alpha value is -2.82. The summed E-state index contributed by atoms with van der Waals surface area (Å²) in [5.41, 5.74) is 0.584. The molecule has 0 aliphatic heterocycles. The first-order valence-electron chi connectivity index (χ1n) is 9.75. The molecular weight excluding hydrogens is 431 g/mol. The van der Waals surface area contributed by atoms with E-state index in [-0.39, 0.29) is 22.2 Å². The number of halogens is 3. The van der Waals surface area contributed by atoms with Crippen LogP contribution in [0.3, 0.4) is 0 Å². The average Bonchev–Trinajstić information content (AvgIpc) is 3.49. The third-order valence-electron chi connectivity index (χ3n) is 5.22. The van der Waals surface area contributed by atoms with E-state index in [0.29, 0.717) is 11.3 Å². The molecule has 1 aliphatic rings. The average molecular weight is 451 g/mol. The highest BCUT2D eigenvalue weighted by atomic mass is 32.2. The van der Waals surface area contributed by atoms with Crippen molar-refractivity contribution in [1.82, 2.24) is 24.6 Å². The Morgan fingerprint density at radius 1 is 1.32 bits per heavy atom. The number of carbonyl (C=O) groups is 1. The second kappa shape index (κ2) is 8.37. The quantitative estimate of drug-likeness (QED) is 0.440. The number of fused-ring (bicyclic) bond motifs is 1. The first kappa shape index (κ1) is 21.4. The molecule has 11 heteroatoms. The molecule has 2 aromatic heterocycles. The normalized spacial score (nSPS) is 15.2. The summed E-state index contributed by atoms with van der Waals surface area (Å²) in [5, 5.41) is 4.63. The summed E-state index contributed by atoms with van der Waals surface area (Å²) < 4.78 is 40.5. The number of carbonyl (C=O) groups excluding carboxylic acids is 1. The van der Waals surface area contributed by atoms with Crippen LogP contribution in [0.2, 0.25) is 0 Å². The van der Waals surface area contributed by atoms with Crippen molar-refractivity contribution in [3.8, 4) is 5.69 Å². The van der Waals surface area contributed by atoms with Crippen molar-refractivity contribution in [1.29, 1.82) is 0 Å². The molecule has 1 saturated carbocycles. The molecule has 0 saturated heterocycles. The van der Waals surface area contributed by atoms with Crippen molar-refractivity contribution >= 4 is 28.7 Å². The SMILES string of the molecule is C[C@@H](C1CC1)N(CC(F)(F)F)C(=O)CSc1nc2c(cnn2-c2ccccc2)c(=O)[nH]1. The first-order valence-corrected chi connectivity index (χ1v) is 10.7. The van der Waals surface area contributed by atoms with Crippen molar-refractivity contribution in [3.05, 3.63) is 46.9 Å². The van der Waals surface area contributed by atoms with Crippen LogP contribution in [0, 0.1) is 5.92 Å². The van der Waals surface area contributed by atoms with Crippen molar-refractivity contribution < 1.29 is 18.0 Å². The van der Waals surface area contributed by atoms with E-state index in [4.69, 9.17) is 0 Å². The van der Waals surface area contributed by atoms with Gasteiger partial charge in [0.05, 0.1) is 17.6 Å². The number of thioether (sulfide) groups is 1. The number of nitrogens with zero attached hydrogens (tertiary/aromatic N) is 4. The highest BCUT2D eigenvalue weighted by Crippen LogP contribution is 2.36. The Morgan fingerprint density at radius 3 is 2.68 bits per heavy atom. The number of aromatic nitrogens is 4. The second-order valence-electron chi connectivity index (χ2n) is 7.50. The van der Waals surface area contributed by atoms with Crippen LogP contribution >= 0.6 is 11.8 Å². The number of hydrogen-bond acceptors (Lipinski definition) is 5. The lowest BCUT2D eigenvalue weighted by molar-refractivity contribution is -0.164. The maximum absolute atomic E-state index is 13.0. The fraction of sp³-hybridized carbons (Fsp3) is 0.400. The molecule has 0 spiro atoms. The van der Waals surface area contributed by atoms with Crippen molar-refractivity contribution in [2.45, 2.75) is 37.1 Å². The number of rotatable bonds is 7. The Morgan fingerprint density at radius 2 is 2.03 bits per heavy atom. The van der Waals surface area contributed by atoms with E-state index in [1.807, 2.05) is 18.2 Å². The smallest absolute Gasteiger partial charge is 0.330 e. The molecule has 0 bridgehead atoms. The standard InChI is InChI=1S/C20H20F3N5O2S/c1-12(13-7-8-13)27(11-20(21,22)23)16(29)10-31-19-25-17-15(18(30)26-19)9-24-28(17)14-5-3-2-4-6-14/h2-6,9,12-13H,7-8,10-11H2,1H3,(H,25,26,30)/t12-/m0/s1. The van der Waals surface area contributed by atoms with E-state index >= 15 is 0 Å². The van der Waals surface area contributed by atoms with E-state index in [9.17, 15) is 22.8 Å². The van der Waals surface area contributed by atoms with Gasteiger partial charge in [-0.3, -0.25) is 9.59 Å². The lowest BCUT2D eigenvalue weighted by Gasteiger charge is -2.30. The fourth-order valence-electron chi connectivity index (χ4n) is 3.42. The molecule has 7 nitrogen and oxygen atoms in total. The van der Waals surface area contributed by atoms with Crippen molar-refractivity contribution in [2.24, 2.45) is 5.92 Å². The van der Waals surface area contributed by atoms with Crippen LogP contribution in [0.25, 0.3) is 16.7 Å². The first-order chi connectivity index (χ1) is 14.7. The molecule has 4 rings (SSSR count). The Balaban J connectivity index is 1.55. The van der Waals surface area contributed by atoms with Gasteiger partial charge in [0.25, 0.3) is 5.56 Å². The number of aromatic amines is 1. The minimum atomic E-state index is -4.48. The summed E-state index contributed by atoms with van der Waals surface area (Å²) >= 11 is 0.902. The summed E-state index contributed by atoms with van der Waals surface area (Å²) in [5.74, 6) is -0.798. The zero-order valence-electron chi connectivity index (χ0n) is 16.6. The van der Waals surface area contributed by atoms with E-state index in [1.54, 1.807) is 19.1 Å². The summed E-state index contributed by atoms with van der Waals surface area (Å²) in [6, 6.07) is 8.61. The number of nitrogens with one attached hydrogen (secondary N) is 1. The predicted octanol–water partition coefficient (Wildman–Crippen LogP) is 3.39. The maximum Gasteiger partial charge on any atom is 0.406 e. The highest BCUT2D eigenvalue weighted by molar-refractivity contribution is 7.99. The van der Waals surface area contributed by atoms with Gasteiger partial charge < -0.3 is 9.88 Å². The Bertz CT molecular complexity index is 1140. The molecule has 1 aliphatic carbocycles. The lowest BCUT2D eigenvalue weighted by Crippen LogP contribution is -2.46. The third kappa shape index (κ3) is 4.92. The summed E-state index contributed by atoms with van der Waals surface area (Å²) in [4.78, 5) is 32.9. The highest BCUT2D eigenvalue weighted by Gasteiger charge is 2.40. The van der Waals surface area contributed by atoms with Crippen LogP contribution in [0.1, 0.15) is 19.8 Å². The minimum Gasteiger partial charge on any atom is -0.330 e. The molecule has 2 heterocycles. The number of H-pyrrole nitrogens is 1. The zero-order valence-corrected chi connectivity index (χ0v) is 17.4. The number of amides is 1. The van der Waals surface area contributed by atoms with E-state index in [2.05, 4.69) is 15.1 Å². The minimum absolute atomic E-state index is 0.103. The van der Waals surface area contributed by atoms with E-state index < -0.39 is 30.2 Å². The Labute approximate surface area is 179 Å². The molecule has 1 N–H and O–H groups in total. The lowest BCUT2D eigenvalue weighted by atomic mass is 10.2. The van der Waals surface area contributed by atoms with Gasteiger partial charge in [0.1, 0.15) is 11.9 Å². The van der Waals surface area contributed by atoms with Gasteiger partial charge in [-0.2, -0.15) is 18.3 Å². The van der Waals surface area contributed by atoms with Crippen LogP contribution in [-0.4, -0.2) is 55.1 Å². The topological polar surface area (TPSA) is 83.9 Å². The van der Waals surface area contributed by atoms with Gasteiger partial charge in [0, 0.05) is 6.04 Å². The number of alkyl halides is 3. The van der Waals surface area contributed by atoms with Crippen molar-refractivity contribution in [2.75, 3.05) is 12.3 Å². The van der Waals surface area contributed by atoms with Gasteiger partial charge in [0.2, 0.25) is 5.91 Å². The van der Waals surface area contributed by atoms with Crippen molar-refractivity contribution in [3.63, 3.8) is 0 Å². The molecule has 164 valence electrons. The molecular formula is C20H20F3N5O2S. The van der Waals surface area contributed by atoms with Gasteiger partial charge in [0.15, 0.2) is 10.8 Å². The number of benzene rings is 1. The zero-order chi connectivity index (χ0) is 22.2. The van der Waals surface area contributed by atoms with Crippen LogP contribution in [0.5, 0.6) is 0 Å². The third-order valence-corrected chi connectivity index (χ3v) is 6.07. The predicted molar refractivity (Wildman–Crippen MR) is 110 cm³/mol. The molecule has 0 radical (unpaired) electrons. The number of para-hydroxylation sites is 1. The van der Waals surface area contributed by atoms with Gasteiger partial charge >= 0.3 is 6.18 Å². The summed E-state index contributed by atoms with van der Waals surface area (Å²) in [7, 11) is 0. The Kier molecular flexibility index (Phi) is 5.78. The fourth-order valence-corrected chi connectivity index (χ4v) is 4.17. The molecule has 0 unspecified atom stereocenters. The van der Waals surface area contributed by atoms with E-state index in [1.165, 1.54) is 10.9 Å². The largest absolute Gasteiger partial charge is 0.406 e. The van der Waals surface area contributed by atoms with E-state index in [0.717, 1.165) is 29.5 Å². The number of hydrogen-bond donors (Lipinski definition) is 1. The molecule has 3 aromatic rings. The summed E-state index contributed by atoms with van der Waals surface area (Å²) in [6.45, 7) is 0.365. The monoisotopic (exact) mass is 451 g/mol. The van der Waals surface area contributed by atoms with Gasteiger partial charge in [-0.05, 0) is 37.8 Å². The maximum atomic E-state index is 13.0. The molecule has 1 atom stereocenters. The van der Waals surface area contributed by atoms with Gasteiger partial charge in [-0.15, -0.1) is 0 Å². The van der Waals surface area contributed by atoms with Crippen LogP contribution < -0.4 is 5.56 Å². The summed E-state index contributed by atoms with van der Waals surface area (Å²) in [6.07, 6.45) is -1.43. The van der Waals surface area contributed by atoms with Crippen LogP contribution in [0.4, 0.5) is 13.2 Å². The molecule has 1 aromatic carbocycles. The van der Waals surface area contributed by atoms with Gasteiger partial charge in [-0.1, -0.05) is 30.0 Å². The molecule has 1 fully saturated rings. The molecule has 31 heavy (non-hydrogen) atoms.